The van der Waals surface area contributed by atoms with Gasteiger partial charge >= 0.3 is 6.09 Å². The first kappa shape index (κ1) is 22.6. The highest BCUT2D eigenvalue weighted by molar-refractivity contribution is 7.92. The second-order valence-corrected chi connectivity index (χ2v) is 11.2. The van der Waals surface area contributed by atoms with Crippen LogP contribution in [0.15, 0.2) is 53.4 Å². The third kappa shape index (κ3) is 4.33. The minimum absolute atomic E-state index is 0.0703. The molecule has 1 fully saturated rings. The molecule has 0 aliphatic heterocycles. The first-order valence-electron chi connectivity index (χ1n) is 9.68. The fourth-order valence-electron chi connectivity index (χ4n) is 3.84. The minimum atomic E-state index is -3.80. The van der Waals surface area contributed by atoms with E-state index >= 15 is 0 Å². The van der Waals surface area contributed by atoms with Crippen molar-refractivity contribution in [1.29, 1.82) is 0 Å². The number of hydrogen-bond acceptors (Lipinski definition) is 5. The average Bonchev–Trinajstić information content (AvgIpc) is 3.30. The van der Waals surface area contributed by atoms with Crippen LogP contribution in [-0.4, -0.2) is 37.4 Å². The molecule has 162 valence electrons. The molecule has 2 aromatic rings. The first-order chi connectivity index (χ1) is 13.9. The van der Waals surface area contributed by atoms with Gasteiger partial charge in [0, 0.05) is 17.5 Å². The Balaban J connectivity index is 2.05. The zero-order valence-electron chi connectivity index (χ0n) is 17.5. The van der Waals surface area contributed by atoms with E-state index in [1.54, 1.807) is 69.3 Å². The number of nitrogens with one attached hydrogen (secondary N) is 1. The molecule has 0 bridgehead atoms. The Morgan fingerprint density at radius 3 is 2.37 bits per heavy atom. The lowest BCUT2D eigenvalue weighted by Crippen LogP contribution is -2.49. The van der Waals surface area contributed by atoms with Crippen molar-refractivity contribution >= 4 is 27.5 Å². The van der Waals surface area contributed by atoms with Crippen molar-refractivity contribution in [1.82, 2.24) is 5.32 Å². The van der Waals surface area contributed by atoms with Gasteiger partial charge in [-0.3, -0.25) is 0 Å². The van der Waals surface area contributed by atoms with Crippen molar-refractivity contribution in [3.05, 3.63) is 64.7 Å². The fraction of sp³-hybridized carbons (Fsp3) is 0.409. The van der Waals surface area contributed by atoms with Gasteiger partial charge in [0.05, 0.1) is 10.4 Å². The zero-order valence-corrected chi connectivity index (χ0v) is 19.0. The van der Waals surface area contributed by atoms with Crippen LogP contribution in [0.2, 0.25) is 5.02 Å². The van der Waals surface area contributed by atoms with E-state index in [0.29, 0.717) is 10.6 Å². The third-order valence-electron chi connectivity index (χ3n) is 5.22. The maximum Gasteiger partial charge on any atom is 0.408 e. The van der Waals surface area contributed by atoms with Crippen molar-refractivity contribution < 1.29 is 17.9 Å². The molecule has 3 rings (SSSR count). The largest absolute Gasteiger partial charge is 0.444 e. The molecule has 0 heterocycles. The third-order valence-corrected chi connectivity index (χ3v) is 7.75. The lowest BCUT2D eigenvalue weighted by molar-refractivity contribution is 0.0497. The minimum Gasteiger partial charge on any atom is -0.444 e. The van der Waals surface area contributed by atoms with Crippen LogP contribution in [0.3, 0.4) is 0 Å². The highest BCUT2D eigenvalue weighted by Crippen LogP contribution is 2.57. The van der Waals surface area contributed by atoms with E-state index < -0.39 is 38.2 Å². The Labute approximate surface area is 182 Å². The summed E-state index contributed by atoms with van der Waals surface area (Å²) in [5.74, 6) is -0.556. The summed E-state index contributed by atoms with van der Waals surface area (Å²) in [7, 11) is -3.80. The summed E-state index contributed by atoms with van der Waals surface area (Å²) in [5, 5.41) is 2.31. The van der Waals surface area contributed by atoms with Crippen LogP contribution in [0.5, 0.6) is 0 Å². The number of nitrogens with two attached hydrogens (primary N) is 1. The summed E-state index contributed by atoms with van der Waals surface area (Å²) in [4.78, 5) is 12.7. The molecule has 0 spiro atoms. The molecule has 0 saturated heterocycles. The van der Waals surface area contributed by atoms with Crippen molar-refractivity contribution in [2.75, 3.05) is 6.54 Å². The summed E-state index contributed by atoms with van der Waals surface area (Å²) in [6.45, 7) is 7.03. The quantitative estimate of drug-likeness (QED) is 0.721. The number of carbonyl (C=O) groups is 1. The van der Waals surface area contributed by atoms with E-state index in [2.05, 4.69) is 5.32 Å². The lowest BCUT2D eigenvalue weighted by Gasteiger charge is -2.24. The normalized spacial score (nSPS) is 23.7. The number of amides is 1. The van der Waals surface area contributed by atoms with Crippen LogP contribution in [0.1, 0.15) is 37.8 Å². The van der Waals surface area contributed by atoms with Crippen LogP contribution in [-0.2, 0) is 14.6 Å². The van der Waals surface area contributed by atoms with Crippen molar-refractivity contribution in [3.8, 4) is 0 Å². The van der Waals surface area contributed by atoms with Gasteiger partial charge in [-0.05, 0) is 57.5 Å². The number of hydrogen-bond donors (Lipinski definition) is 2. The Morgan fingerprint density at radius 2 is 1.83 bits per heavy atom. The molecule has 0 unspecified atom stereocenters. The van der Waals surface area contributed by atoms with Gasteiger partial charge < -0.3 is 15.8 Å². The maximum atomic E-state index is 13.5. The average molecular weight is 451 g/mol. The second-order valence-electron chi connectivity index (χ2n) is 8.68. The zero-order chi connectivity index (χ0) is 22.3. The van der Waals surface area contributed by atoms with E-state index in [9.17, 15) is 13.2 Å². The van der Waals surface area contributed by atoms with E-state index in [1.165, 1.54) is 0 Å². The SMILES string of the molecule is Cc1ccc(S(=O)(=O)[C@H]2[C@H](c3cccc(Cl)c3)[C@@]2(CN)NC(=O)OC(C)(C)C)cc1. The molecule has 30 heavy (non-hydrogen) atoms. The van der Waals surface area contributed by atoms with Crippen LogP contribution in [0.4, 0.5) is 4.79 Å². The number of benzene rings is 2. The molecule has 8 heteroatoms. The van der Waals surface area contributed by atoms with Crippen molar-refractivity contribution in [2.24, 2.45) is 5.73 Å². The number of alkyl carbamates (subject to hydrolysis) is 1. The lowest BCUT2D eigenvalue weighted by atomic mass is 10.1. The fourth-order valence-corrected chi connectivity index (χ4v) is 6.39. The van der Waals surface area contributed by atoms with E-state index in [4.69, 9.17) is 22.1 Å². The molecule has 0 aromatic heterocycles. The molecular weight excluding hydrogens is 424 g/mol. The first-order valence-corrected chi connectivity index (χ1v) is 11.6. The summed E-state index contributed by atoms with van der Waals surface area (Å²) >= 11 is 6.15. The highest BCUT2D eigenvalue weighted by Gasteiger charge is 2.71. The Hall–Kier alpha value is -2.09. The molecule has 1 amide bonds. The van der Waals surface area contributed by atoms with Gasteiger partial charge in [-0.1, -0.05) is 41.4 Å². The van der Waals surface area contributed by atoms with Gasteiger partial charge in [0.2, 0.25) is 0 Å². The molecule has 2 aromatic carbocycles. The molecule has 1 aliphatic rings. The smallest absolute Gasteiger partial charge is 0.408 e. The molecule has 3 atom stereocenters. The molecule has 1 saturated carbocycles. The molecule has 1 aliphatic carbocycles. The number of aryl methyl sites for hydroxylation is 1. The van der Waals surface area contributed by atoms with E-state index in [-0.39, 0.29) is 11.4 Å². The summed E-state index contributed by atoms with van der Waals surface area (Å²) in [5.41, 5.74) is 5.79. The predicted molar refractivity (Wildman–Crippen MR) is 118 cm³/mol. The monoisotopic (exact) mass is 450 g/mol. The van der Waals surface area contributed by atoms with Crippen LogP contribution in [0, 0.1) is 6.92 Å². The Bertz CT molecular complexity index is 1050. The van der Waals surface area contributed by atoms with Gasteiger partial charge in [-0.25, -0.2) is 13.2 Å². The van der Waals surface area contributed by atoms with Crippen LogP contribution in [0.25, 0.3) is 0 Å². The number of rotatable bonds is 5. The topological polar surface area (TPSA) is 98.5 Å². The molecular formula is C22H27ClN2O4S. The van der Waals surface area contributed by atoms with Crippen LogP contribution < -0.4 is 11.1 Å². The van der Waals surface area contributed by atoms with Crippen LogP contribution >= 0.6 is 11.6 Å². The predicted octanol–water partition coefficient (Wildman–Crippen LogP) is 3.81. The van der Waals surface area contributed by atoms with Crippen molar-refractivity contribution in [2.45, 2.75) is 54.9 Å². The Morgan fingerprint density at radius 1 is 1.20 bits per heavy atom. The molecule has 6 nitrogen and oxygen atoms in total. The van der Waals surface area contributed by atoms with Gasteiger partial charge in [0.15, 0.2) is 9.84 Å². The summed E-state index contributed by atoms with van der Waals surface area (Å²) in [6, 6.07) is 13.6. The molecule has 3 N–H and O–H groups in total. The Kier molecular flexibility index (Phi) is 5.93. The van der Waals surface area contributed by atoms with Gasteiger partial charge in [0.25, 0.3) is 0 Å². The molecule has 0 radical (unpaired) electrons. The standard InChI is InChI=1S/C22H27ClN2O4S/c1-14-8-10-17(11-9-14)30(27,28)19-18(15-6-5-7-16(23)12-15)22(19,13-24)25-20(26)29-21(2,3)4/h5-12,18-19H,13,24H2,1-4H3,(H,25,26)/t18-,19-,22+/m0/s1. The summed E-state index contributed by atoms with van der Waals surface area (Å²) < 4.78 is 32.4. The highest BCUT2D eigenvalue weighted by atomic mass is 35.5. The van der Waals surface area contributed by atoms with E-state index in [1.807, 2.05) is 6.92 Å². The second kappa shape index (κ2) is 7.87. The maximum absolute atomic E-state index is 13.5. The van der Waals surface area contributed by atoms with Gasteiger partial charge in [-0.2, -0.15) is 0 Å². The number of sulfone groups is 1. The summed E-state index contributed by atoms with van der Waals surface area (Å²) in [6.07, 6.45) is -0.707. The van der Waals surface area contributed by atoms with E-state index in [0.717, 1.165) is 5.56 Å². The number of ether oxygens (including phenoxy) is 1. The number of halogens is 1. The van der Waals surface area contributed by atoms with Crippen molar-refractivity contribution in [3.63, 3.8) is 0 Å². The van der Waals surface area contributed by atoms with Gasteiger partial charge in [-0.15, -0.1) is 0 Å². The number of carbonyl (C=O) groups excluding carboxylic acids is 1. The van der Waals surface area contributed by atoms with Gasteiger partial charge in [0.1, 0.15) is 10.9 Å².